The Bertz CT molecular complexity index is 1200. The molecular weight excluding hydrogens is 470 g/mol. The van der Waals surface area contributed by atoms with Crippen molar-refractivity contribution in [3.63, 3.8) is 0 Å². The summed E-state index contributed by atoms with van der Waals surface area (Å²) in [6.07, 6.45) is 5.63. The molecule has 1 amide bonds. The largest absolute Gasteiger partial charge is 0.445 e. The van der Waals surface area contributed by atoms with Gasteiger partial charge in [-0.3, -0.25) is 0 Å². The van der Waals surface area contributed by atoms with E-state index in [1.165, 1.54) is 0 Å². The third-order valence-electron chi connectivity index (χ3n) is 7.43. The molecule has 0 unspecified atom stereocenters. The van der Waals surface area contributed by atoms with Crippen molar-refractivity contribution in [2.45, 2.75) is 57.9 Å². The van der Waals surface area contributed by atoms with Crippen molar-refractivity contribution in [3.05, 3.63) is 54.4 Å². The van der Waals surface area contributed by atoms with Crippen LogP contribution < -0.4 is 4.90 Å². The number of carbonyl (C=O) groups is 1. The summed E-state index contributed by atoms with van der Waals surface area (Å²) in [5, 5.41) is 0. The Morgan fingerprint density at radius 2 is 1.92 bits per heavy atom. The highest BCUT2D eigenvalue weighted by atomic mass is 28.3. The van der Waals surface area contributed by atoms with E-state index < -0.39 is 8.07 Å². The van der Waals surface area contributed by atoms with Gasteiger partial charge in [0, 0.05) is 52.5 Å². The lowest BCUT2D eigenvalue weighted by Gasteiger charge is -2.60. The summed E-state index contributed by atoms with van der Waals surface area (Å²) in [5.41, 5.74) is 3.03. The first-order chi connectivity index (χ1) is 17.2. The Hall–Kier alpha value is -2.91. The maximum atomic E-state index is 12.5. The third kappa shape index (κ3) is 5.42. The first-order valence-electron chi connectivity index (χ1n) is 12.8. The van der Waals surface area contributed by atoms with Crippen molar-refractivity contribution in [2.24, 2.45) is 5.41 Å². The number of ether oxygens (including phenoxy) is 2. The highest BCUT2D eigenvalue weighted by Gasteiger charge is 2.54. The molecule has 1 spiro atoms. The Morgan fingerprint density at radius 3 is 2.64 bits per heavy atom. The van der Waals surface area contributed by atoms with Gasteiger partial charge in [-0.05, 0) is 30.5 Å². The smallest absolute Gasteiger partial charge is 0.410 e. The molecule has 5 rings (SSSR count). The maximum Gasteiger partial charge on any atom is 0.410 e. The molecule has 8 nitrogen and oxygen atoms in total. The fourth-order valence-corrected chi connectivity index (χ4v) is 5.87. The molecular formula is C27H37N5O3Si. The van der Waals surface area contributed by atoms with Gasteiger partial charge in [0.15, 0.2) is 5.65 Å². The second-order valence-electron chi connectivity index (χ2n) is 11.6. The maximum absolute atomic E-state index is 12.5. The predicted octanol–water partition coefficient (Wildman–Crippen LogP) is 4.98. The third-order valence-corrected chi connectivity index (χ3v) is 9.14. The summed E-state index contributed by atoms with van der Waals surface area (Å²) >= 11 is 0. The summed E-state index contributed by atoms with van der Waals surface area (Å²) in [5.74, 6) is 0.921. The second kappa shape index (κ2) is 9.86. The van der Waals surface area contributed by atoms with Crippen molar-refractivity contribution in [2.75, 3.05) is 31.6 Å². The minimum atomic E-state index is -1.09. The second-order valence-corrected chi connectivity index (χ2v) is 17.3. The van der Waals surface area contributed by atoms with E-state index in [9.17, 15) is 4.79 Å². The van der Waals surface area contributed by atoms with Gasteiger partial charge < -0.3 is 23.8 Å². The molecule has 3 heterocycles. The molecule has 2 fully saturated rings. The number of amides is 1. The van der Waals surface area contributed by atoms with Gasteiger partial charge in [0.25, 0.3) is 0 Å². The van der Waals surface area contributed by atoms with Crippen LogP contribution in [0.15, 0.2) is 48.8 Å². The average molecular weight is 508 g/mol. The van der Waals surface area contributed by atoms with Crippen LogP contribution in [0.25, 0.3) is 11.2 Å². The molecule has 0 N–H and O–H groups in total. The Kier molecular flexibility index (Phi) is 6.78. The Balaban J connectivity index is 1.08. The molecule has 0 bridgehead atoms. The van der Waals surface area contributed by atoms with E-state index in [-0.39, 0.29) is 17.6 Å². The molecule has 1 saturated carbocycles. The van der Waals surface area contributed by atoms with Crippen LogP contribution >= 0.6 is 0 Å². The lowest BCUT2D eigenvalue weighted by atomic mass is 9.60. The molecule has 0 radical (unpaired) electrons. The number of anilines is 1. The quantitative estimate of drug-likeness (QED) is 0.300. The highest BCUT2D eigenvalue weighted by molar-refractivity contribution is 6.76. The number of fused-ring (bicyclic) bond motifs is 1. The molecule has 1 saturated heterocycles. The van der Waals surface area contributed by atoms with E-state index in [2.05, 4.69) is 24.5 Å². The van der Waals surface area contributed by atoms with E-state index in [0.29, 0.717) is 13.3 Å². The first-order valence-corrected chi connectivity index (χ1v) is 16.5. The van der Waals surface area contributed by atoms with Crippen LogP contribution in [0.5, 0.6) is 0 Å². The highest BCUT2D eigenvalue weighted by Crippen LogP contribution is 2.51. The van der Waals surface area contributed by atoms with E-state index in [0.717, 1.165) is 61.1 Å². The predicted molar refractivity (Wildman–Crippen MR) is 144 cm³/mol. The number of hydrogen-bond donors (Lipinski definition) is 0. The topological polar surface area (TPSA) is 72.7 Å². The van der Waals surface area contributed by atoms with Gasteiger partial charge in [-0.25, -0.2) is 14.8 Å². The molecule has 192 valence electrons. The fraction of sp³-hybridized carbons (Fsp3) is 0.519. The Morgan fingerprint density at radius 1 is 1.17 bits per heavy atom. The average Bonchev–Trinajstić information content (AvgIpc) is 3.20. The summed E-state index contributed by atoms with van der Waals surface area (Å²) < 4.78 is 13.4. The van der Waals surface area contributed by atoms with Crippen molar-refractivity contribution >= 4 is 31.1 Å². The Labute approximate surface area is 214 Å². The molecule has 1 aromatic carbocycles. The van der Waals surface area contributed by atoms with Crippen LogP contribution in [0.3, 0.4) is 0 Å². The van der Waals surface area contributed by atoms with Gasteiger partial charge in [-0.2, -0.15) is 0 Å². The molecule has 36 heavy (non-hydrogen) atoms. The van der Waals surface area contributed by atoms with Crippen LogP contribution in [0.4, 0.5) is 10.6 Å². The van der Waals surface area contributed by atoms with Crippen molar-refractivity contribution in [1.29, 1.82) is 0 Å². The summed E-state index contributed by atoms with van der Waals surface area (Å²) in [6.45, 7) is 10.6. The van der Waals surface area contributed by atoms with Crippen LogP contribution in [-0.4, -0.2) is 66.4 Å². The molecule has 9 heteroatoms. The zero-order valence-corrected chi connectivity index (χ0v) is 22.8. The molecule has 0 atom stereocenters. The van der Waals surface area contributed by atoms with Gasteiger partial charge in [0.05, 0.1) is 6.20 Å². The number of rotatable bonds is 9. The fourth-order valence-electron chi connectivity index (χ4n) is 5.12. The molecule has 1 aliphatic carbocycles. The van der Waals surface area contributed by atoms with Gasteiger partial charge in [0.2, 0.25) is 0 Å². The number of carbonyl (C=O) groups excluding carboxylic acids is 1. The van der Waals surface area contributed by atoms with Crippen molar-refractivity contribution in [1.82, 2.24) is 19.4 Å². The van der Waals surface area contributed by atoms with E-state index >= 15 is 0 Å². The van der Waals surface area contributed by atoms with E-state index in [4.69, 9.17) is 19.4 Å². The molecule has 2 aliphatic rings. The van der Waals surface area contributed by atoms with Crippen LogP contribution in [0.2, 0.25) is 25.7 Å². The minimum Gasteiger partial charge on any atom is -0.445 e. The first kappa shape index (κ1) is 24.8. The summed E-state index contributed by atoms with van der Waals surface area (Å²) in [4.78, 5) is 26.1. The van der Waals surface area contributed by atoms with Crippen LogP contribution in [-0.2, 0) is 22.8 Å². The summed E-state index contributed by atoms with van der Waals surface area (Å²) in [7, 11) is 0.760. The summed E-state index contributed by atoms with van der Waals surface area (Å²) in [6, 6.07) is 13.2. The van der Waals surface area contributed by atoms with Gasteiger partial charge in [0.1, 0.15) is 24.7 Å². The minimum absolute atomic E-state index is 0.235. The van der Waals surface area contributed by atoms with E-state index in [1.54, 1.807) is 4.90 Å². The molecule has 3 aromatic rings. The number of hydrogen-bond acceptors (Lipinski definition) is 6. The standard InChI is InChI=1S/C27H37N5O3Si/c1-30(26(33)35-17-21-8-6-5-7-9-21)22-14-27(15-22)18-32(19-27)24-16-28-25-23(29-24)10-11-31(25)20-34-12-13-36(2,3)4/h5-11,16,22H,12-15,17-20H2,1-4H3. The zero-order valence-electron chi connectivity index (χ0n) is 21.8. The number of nitrogens with zero attached hydrogens (tertiary/aromatic N) is 5. The normalized spacial score (nSPS) is 17.2. The van der Waals surface area contributed by atoms with Crippen molar-refractivity contribution < 1.29 is 14.3 Å². The lowest BCUT2D eigenvalue weighted by Crippen LogP contribution is -2.67. The monoisotopic (exact) mass is 507 g/mol. The SMILES string of the molecule is CN(C(=O)OCc1ccccc1)C1CC2(C1)CN(c1cnc3c(ccn3COCC[Si](C)(C)C)n1)C2. The number of aromatic nitrogens is 3. The number of benzene rings is 1. The zero-order chi connectivity index (χ0) is 25.3. The van der Waals surface area contributed by atoms with Crippen LogP contribution in [0.1, 0.15) is 18.4 Å². The van der Waals surface area contributed by atoms with Gasteiger partial charge >= 0.3 is 6.09 Å². The lowest BCUT2D eigenvalue weighted by molar-refractivity contribution is -0.0111. The van der Waals surface area contributed by atoms with Crippen molar-refractivity contribution in [3.8, 4) is 0 Å². The molecule has 2 aromatic heterocycles. The van der Waals surface area contributed by atoms with E-state index in [1.807, 2.05) is 60.4 Å². The molecule has 1 aliphatic heterocycles. The van der Waals surface area contributed by atoms with Crippen LogP contribution in [0, 0.1) is 5.41 Å². The van der Waals surface area contributed by atoms with Gasteiger partial charge in [-0.1, -0.05) is 50.0 Å². The van der Waals surface area contributed by atoms with Gasteiger partial charge in [-0.15, -0.1) is 0 Å².